The van der Waals surface area contributed by atoms with Crippen LogP contribution in [0.1, 0.15) is 38.8 Å². The number of nitrogens with one attached hydrogen (secondary N) is 1. The van der Waals surface area contributed by atoms with Crippen LogP contribution in [0.5, 0.6) is 0 Å². The van der Waals surface area contributed by atoms with Crippen molar-refractivity contribution in [3.63, 3.8) is 0 Å². The molecule has 0 aliphatic carbocycles. The minimum Gasteiger partial charge on any atom is -0.374 e. The number of ether oxygens (including phenoxy) is 1. The van der Waals surface area contributed by atoms with Crippen molar-refractivity contribution < 1.29 is 9.13 Å². The van der Waals surface area contributed by atoms with E-state index in [0.29, 0.717) is 18.2 Å². The fraction of sp³-hybridized carbons (Fsp3) is 0.688. The topological polar surface area (TPSA) is 37.4 Å². The Labute approximate surface area is 126 Å². The van der Waals surface area contributed by atoms with Gasteiger partial charge >= 0.3 is 0 Å². The van der Waals surface area contributed by atoms with Crippen LogP contribution in [0, 0.1) is 5.82 Å². The van der Waals surface area contributed by atoms with Crippen molar-refractivity contribution in [1.82, 2.24) is 15.2 Å². The van der Waals surface area contributed by atoms with E-state index in [0.717, 1.165) is 26.1 Å². The van der Waals surface area contributed by atoms with Crippen LogP contribution in [0.2, 0.25) is 0 Å². The number of hydrogen-bond donors (Lipinski definition) is 1. The first-order chi connectivity index (χ1) is 10.1. The Morgan fingerprint density at radius 1 is 1.52 bits per heavy atom. The molecule has 2 atom stereocenters. The summed E-state index contributed by atoms with van der Waals surface area (Å²) >= 11 is 0. The zero-order valence-electron chi connectivity index (χ0n) is 13.2. The van der Waals surface area contributed by atoms with Crippen molar-refractivity contribution in [1.29, 1.82) is 0 Å². The molecule has 0 spiro atoms. The second-order valence-electron chi connectivity index (χ2n) is 5.83. The highest BCUT2D eigenvalue weighted by molar-refractivity contribution is 5.19. The van der Waals surface area contributed by atoms with Crippen LogP contribution in [-0.2, 0) is 4.74 Å². The van der Waals surface area contributed by atoms with E-state index in [9.17, 15) is 4.39 Å². The number of hydrogen-bond acceptors (Lipinski definition) is 4. The van der Waals surface area contributed by atoms with Gasteiger partial charge < -0.3 is 10.1 Å². The molecule has 1 aromatic heterocycles. The molecule has 0 amide bonds. The molecule has 4 nitrogen and oxygen atoms in total. The second-order valence-corrected chi connectivity index (χ2v) is 5.83. The largest absolute Gasteiger partial charge is 0.374 e. The lowest BCUT2D eigenvalue weighted by Crippen LogP contribution is -2.50. The Bertz CT molecular complexity index is 441. The molecule has 2 unspecified atom stereocenters. The summed E-state index contributed by atoms with van der Waals surface area (Å²) in [5.74, 6) is -0.267. The van der Waals surface area contributed by atoms with Gasteiger partial charge in [0.05, 0.1) is 24.9 Å². The van der Waals surface area contributed by atoms with Crippen molar-refractivity contribution in [3.05, 3.63) is 29.8 Å². The van der Waals surface area contributed by atoms with Crippen molar-refractivity contribution in [3.8, 4) is 0 Å². The summed E-state index contributed by atoms with van der Waals surface area (Å²) in [6.45, 7) is 9.77. The molecule has 1 aliphatic rings. The molecule has 5 heteroatoms. The summed E-state index contributed by atoms with van der Waals surface area (Å²) < 4.78 is 20.0. The standard InChI is InChI=1S/C16H26FN3O/c1-4-6-19-16(13-5-7-18-10-14(13)17)15-11-20(12(2)3)8-9-21-15/h5,7,10,12,15-16,19H,4,6,8-9,11H2,1-3H3. The van der Waals surface area contributed by atoms with Gasteiger partial charge in [-0.15, -0.1) is 0 Å². The van der Waals surface area contributed by atoms with Crippen molar-refractivity contribution in [2.45, 2.75) is 45.4 Å². The molecule has 1 fully saturated rings. The molecule has 1 aromatic rings. The second kappa shape index (κ2) is 7.82. The third kappa shape index (κ3) is 4.22. The van der Waals surface area contributed by atoms with Gasteiger partial charge in [0.2, 0.25) is 0 Å². The molecule has 0 bridgehead atoms. The van der Waals surface area contributed by atoms with Crippen molar-refractivity contribution >= 4 is 0 Å². The predicted molar refractivity (Wildman–Crippen MR) is 81.7 cm³/mol. The van der Waals surface area contributed by atoms with Crippen molar-refractivity contribution in [2.75, 3.05) is 26.2 Å². The number of rotatable bonds is 6. The molecule has 0 aromatic carbocycles. The van der Waals surface area contributed by atoms with Crippen LogP contribution in [0.15, 0.2) is 18.5 Å². The Kier molecular flexibility index (Phi) is 6.08. The average Bonchev–Trinajstić information content (AvgIpc) is 2.49. The minimum atomic E-state index is -0.267. The van der Waals surface area contributed by atoms with E-state index in [1.165, 1.54) is 6.20 Å². The molecule has 1 N–H and O–H groups in total. The molecule has 0 radical (unpaired) electrons. The number of morpholine rings is 1. The van der Waals surface area contributed by atoms with E-state index in [4.69, 9.17) is 4.74 Å². The van der Waals surface area contributed by atoms with Gasteiger partial charge in [-0.1, -0.05) is 6.92 Å². The highest BCUT2D eigenvalue weighted by Crippen LogP contribution is 2.25. The fourth-order valence-corrected chi connectivity index (χ4v) is 2.75. The van der Waals surface area contributed by atoms with Crippen LogP contribution < -0.4 is 5.32 Å². The number of pyridine rings is 1. The predicted octanol–water partition coefficient (Wildman–Crippen LogP) is 2.37. The van der Waals surface area contributed by atoms with Gasteiger partial charge in [0.15, 0.2) is 0 Å². The van der Waals surface area contributed by atoms with Gasteiger partial charge in [-0.3, -0.25) is 9.88 Å². The smallest absolute Gasteiger partial charge is 0.146 e. The van der Waals surface area contributed by atoms with Crippen LogP contribution in [0.3, 0.4) is 0 Å². The van der Waals surface area contributed by atoms with E-state index in [1.54, 1.807) is 12.3 Å². The van der Waals surface area contributed by atoms with Crippen LogP contribution >= 0.6 is 0 Å². The molecular weight excluding hydrogens is 269 g/mol. The Morgan fingerprint density at radius 3 is 3.00 bits per heavy atom. The maximum atomic E-state index is 14.1. The highest BCUT2D eigenvalue weighted by atomic mass is 19.1. The summed E-state index contributed by atoms with van der Waals surface area (Å²) in [7, 11) is 0. The third-order valence-electron chi connectivity index (χ3n) is 3.98. The molecule has 0 saturated carbocycles. The average molecular weight is 295 g/mol. The van der Waals surface area contributed by atoms with E-state index < -0.39 is 0 Å². The normalized spacial score (nSPS) is 21.7. The molecule has 2 rings (SSSR count). The first kappa shape index (κ1) is 16.3. The van der Waals surface area contributed by atoms with E-state index in [1.807, 2.05) is 0 Å². The third-order valence-corrected chi connectivity index (χ3v) is 3.98. The summed E-state index contributed by atoms with van der Waals surface area (Å²) in [5, 5.41) is 3.44. The molecular formula is C16H26FN3O. The quantitative estimate of drug-likeness (QED) is 0.874. The zero-order chi connectivity index (χ0) is 15.2. The SMILES string of the molecule is CCCNC(c1ccncc1F)C1CN(C(C)C)CCO1. The summed E-state index contributed by atoms with van der Waals surface area (Å²) in [6, 6.07) is 2.10. The van der Waals surface area contributed by atoms with Gasteiger partial charge in [0.1, 0.15) is 5.82 Å². The molecule has 1 saturated heterocycles. The summed E-state index contributed by atoms with van der Waals surface area (Å²) in [5.41, 5.74) is 0.647. The first-order valence-electron chi connectivity index (χ1n) is 7.82. The molecule has 1 aliphatic heterocycles. The Morgan fingerprint density at radius 2 is 2.33 bits per heavy atom. The maximum Gasteiger partial charge on any atom is 0.146 e. The van der Waals surface area contributed by atoms with Gasteiger partial charge in [-0.2, -0.15) is 0 Å². The lowest BCUT2D eigenvalue weighted by atomic mass is 9.99. The monoisotopic (exact) mass is 295 g/mol. The first-order valence-corrected chi connectivity index (χ1v) is 7.82. The molecule has 21 heavy (non-hydrogen) atoms. The number of nitrogens with zero attached hydrogens (tertiary/aromatic N) is 2. The number of aromatic nitrogens is 1. The van der Waals surface area contributed by atoms with Crippen LogP contribution in [0.4, 0.5) is 4.39 Å². The van der Waals surface area contributed by atoms with E-state index in [2.05, 4.69) is 36.0 Å². The van der Waals surface area contributed by atoms with Crippen LogP contribution in [-0.4, -0.2) is 48.3 Å². The van der Waals surface area contributed by atoms with E-state index in [-0.39, 0.29) is 18.0 Å². The van der Waals surface area contributed by atoms with Gasteiger partial charge in [0, 0.05) is 30.9 Å². The van der Waals surface area contributed by atoms with Crippen molar-refractivity contribution in [2.24, 2.45) is 0 Å². The van der Waals surface area contributed by atoms with Gasteiger partial charge in [-0.25, -0.2) is 4.39 Å². The Hall–Kier alpha value is -1.04. The zero-order valence-corrected chi connectivity index (χ0v) is 13.2. The minimum absolute atomic E-state index is 0.0374. The lowest BCUT2D eigenvalue weighted by Gasteiger charge is -2.39. The molecule has 2 heterocycles. The summed E-state index contributed by atoms with van der Waals surface area (Å²) in [6.07, 6.45) is 3.88. The summed E-state index contributed by atoms with van der Waals surface area (Å²) in [4.78, 5) is 6.22. The fourth-order valence-electron chi connectivity index (χ4n) is 2.75. The Balaban J connectivity index is 2.17. The molecule has 118 valence electrons. The lowest BCUT2D eigenvalue weighted by molar-refractivity contribution is -0.0565. The van der Waals surface area contributed by atoms with Gasteiger partial charge in [-0.05, 0) is 32.9 Å². The van der Waals surface area contributed by atoms with E-state index >= 15 is 0 Å². The van der Waals surface area contributed by atoms with Gasteiger partial charge in [0.25, 0.3) is 0 Å². The number of halogens is 1. The van der Waals surface area contributed by atoms with Crippen LogP contribution in [0.25, 0.3) is 0 Å². The maximum absolute atomic E-state index is 14.1. The highest BCUT2D eigenvalue weighted by Gasteiger charge is 2.31.